The Morgan fingerprint density at radius 3 is 2.58 bits per heavy atom. The summed E-state index contributed by atoms with van der Waals surface area (Å²) in [5, 5.41) is 2.55. The standard InChI is InChI=1S/C18H23N3O4S/c1-20(26(2,24)25)14-17(22)19-12-5-6-15-8-10-16(11-9-15)21-13-4-3-7-18(21)23/h8-11H,3-4,7,12-14H2,1-2H3,(H,19,22). The lowest BCUT2D eigenvalue weighted by molar-refractivity contribution is -0.121. The fourth-order valence-corrected chi connectivity index (χ4v) is 2.82. The lowest BCUT2D eigenvalue weighted by Crippen LogP contribution is -2.37. The molecule has 0 aromatic heterocycles. The summed E-state index contributed by atoms with van der Waals surface area (Å²) in [7, 11) is -2.04. The van der Waals surface area contributed by atoms with Crippen LogP contribution in [0.25, 0.3) is 0 Å². The second-order valence-electron chi connectivity index (χ2n) is 6.15. The van der Waals surface area contributed by atoms with E-state index in [2.05, 4.69) is 17.2 Å². The van der Waals surface area contributed by atoms with Gasteiger partial charge < -0.3 is 10.2 Å². The zero-order valence-corrected chi connectivity index (χ0v) is 15.8. The molecule has 0 atom stereocenters. The summed E-state index contributed by atoms with van der Waals surface area (Å²) in [6.45, 7) is 0.639. The van der Waals surface area contributed by atoms with Crippen molar-refractivity contribution in [1.82, 2.24) is 9.62 Å². The van der Waals surface area contributed by atoms with E-state index in [1.54, 1.807) is 4.90 Å². The van der Waals surface area contributed by atoms with E-state index < -0.39 is 15.9 Å². The van der Waals surface area contributed by atoms with Crippen molar-refractivity contribution in [2.24, 2.45) is 0 Å². The molecule has 2 amide bonds. The fraction of sp³-hybridized carbons (Fsp3) is 0.444. The molecule has 0 radical (unpaired) electrons. The Hall–Kier alpha value is -2.37. The number of rotatable bonds is 5. The van der Waals surface area contributed by atoms with Crippen LogP contribution in [0, 0.1) is 11.8 Å². The second-order valence-corrected chi connectivity index (χ2v) is 8.24. The van der Waals surface area contributed by atoms with Crippen LogP contribution in [0.3, 0.4) is 0 Å². The molecule has 0 spiro atoms. The number of hydrogen-bond acceptors (Lipinski definition) is 4. The molecule has 0 aliphatic carbocycles. The first-order valence-electron chi connectivity index (χ1n) is 8.34. The maximum Gasteiger partial charge on any atom is 0.236 e. The topological polar surface area (TPSA) is 86.8 Å². The molecule has 0 unspecified atom stereocenters. The molecular formula is C18H23N3O4S. The number of piperidine rings is 1. The van der Waals surface area contributed by atoms with Gasteiger partial charge in [-0.05, 0) is 37.1 Å². The lowest BCUT2D eigenvalue weighted by Gasteiger charge is -2.26. The Morgan fingerprint density at radius 1 is 1.27 bits per heavy atom. The van der Waals surface area contributed by atoms with E-state index >= 15 is 0 Å². The third-order valence-corrected chi connectivity index (χ3v) is 5.30. The Bertz CT molecular complexity index is 822. The number of nitrogens with one attached hydrogen (secondary N) is 1. The highest BCUT2D eigenvalue weighted by Gasteiger charge is 2.19. The SMILES string of the molecule is CN(CC(=O)NCC#Cc1ccc(N2CCCCC2=O)cc1)S(C)(=O)=O. The number of carbonyl (C=O) groups excluding carboxylic acids is 2. The van der Waals surface area contributed by atoms with E-state index in [9.17, 15) is 18.0 Å². The summed E-state index contributed by atoms with van der Waals surface area (Å²) >= 11 is 0. The number of anilines is 1. The molecule has 140 valence electrons. The first kappa shape index (κ1) is 19.9. The third-order valence-electron chi connectivity index (χ3n) is 4.04. The molecule has 2 rings (SSSR count). The van der Waals surface area contributed by atoms with Crippen LogP contribution in [0.2, 0.25) is 0 Å². The molecule has 1 aromatic rings. The Kier molecular flexibility index (Phi) is 6.77. The molecule has 26 heavy (non-hydrogen) atoms. The second kappa shape index (κ2) is 8.83. The van der Waals surface area contributed by atoms with Crippen molar-refractivity contribution >= 4 is 27.5 Å². The minimum Gasteiger partial charge on any atom is -0.344 e. The van der Waals surface area contributed by atoms with Crippen molar-refractivity contribution in [3.63, 3.8) is 0 Å². The van der Waals surface area contributed by atoms with Gasteiger partial charge >= 0.3 is 0 Å². The van der Waals surface area contributed by atoms with Gasteiger partial charge in [-0.1, -0.05) is 11.8 Å². The van der Waals surface area contributed by atoms with E-state index in [4.69, 9.17) is 0 Å². The van der Waals surface area contributed by atoms with Gasteiger partial charge in [-0.3, -0.25) is 9.59 Å². The maximum absolute atomic E-state index is 11.9. The van der Waals surface area contributed by atoms with E-state index in [1.165, 1.54) is 7.05 Å². The fourth-order valence-electron chi connectivity index (χ4n) is 2.47. The van der Waals surface area contributed by atoms with Crippen molar-refractivity contribution in [3.05, 3.63) is 29.8 Å². The van der Waals surface area contributed by atoms with E-state index in [0.29, 0.717) is 6.42 Å². The number of sulfonamides is 1. The number of amides is 2. The van der Waals surface area contributed by atoms with Gasteiger partial charge in [-0.25, -0.2) is 8.42 Å². The molecule has 1 heterocycles. The summed E-state index contributed by atoms with van der Waals surface area (Å²) in [4.78, 5) is 25.3. The van der Waals surface area contributed by atoms with Gasteiger partial charge in [0.1, 0.15) is 0 Å². The summed E-state index contributed by atoms with van der Waals surface area (Å²) in [6, 6.07) is 7.41. The zero-order valence-electron chi connectivity index (χ0n) is 15.0. The third kappa shape index (κ3) is 5.86. The van der Waals surface area contributed by atoms with Gasteiger partial charge in [-0.2, -0.15) is 4.31 Å². The van der Waals surface area contributed by atoms with Crippen molar-refractivity contribution in [1.29, 1.82) is 0 Å². The average Bonchev–Trinajstić information content (AvgIpc) is 2.59. The van der Waals surface area contributed by atoms with Crippen LogP contribution >= 0.6 is 0 Å². The van der Waals surface area contributed by atoms with Crippen LogP contribution in [-0.4, -0.2) is 57.5 Å². The van der Waals surface area contributed by atoms with E-state index in [1.807, 2.05) is 24.3 Å². The Morgan fingerprint density at radius 2 is 1.96 bits per heavy atom. The van der Waals surface area contributed by atoms with Gasteiger partial charge in [0, 0.05) is 31.3 Å². The van der Waals surface area contributed by atoms with E-state index in [-0.39, 0.29) is 19.0 Å². The summed E-state index contributed by atoms with van der Waals surface area (Å²) < 4.78 is 23.4. The largest absolute Gasteiger partial charge is 0.344 e. The van der Waals surface area contributed by atoms with Gasteiger partial charge in [0.2, 0.25) is 21.8 Å². The molecule has 1 aliphatic rings. The molecule has 1 fully saturated rings. The smallest absolute Gasteiger partial charge is 0.236 e. The maximum atomic E-state index is 11.9. The normalized spacial score (nSPS) is 14.7. The average molecular weight is 377 g/mol. The molecule has 1 saturated heterocycles. The quantitative estimate of drug-likeness (QED) is 0.760. The predicted octanol–water partition coefficient (Wildman–Crippen LogP) is 0.563. The summed E-state index contributed by atoms with van der Waals surface area (Å²) in [5.41, 5.74) is 1.65. The molecule has 1 aliphatic heterocycles. The number of hydrogen-bond donors (Lipinski definition) is 1. The van der Waals surface area contributed by atoms with Gasteiger partial charge in [0.15, 0.2) is 0 Å². The molecule has 1 N–H and O–H groups in total. The summed E-state index contributed by atoms with van der Waals surface area (Å²) in [5.74, 6) is 5.49. The van der Waals surface area contributed by atoms with Crippen LogP contribution < -0.4 is 10.2 Å². The highest BCUT2D eigenvalue weighted by atomic mass is 32.2. The number of likely N-dealkylation sites (N-methyl/N-ethyl adjacent to an activating group) is 1. The van der Waals surface area contributed by atoms with Crippen molar-refractivity contribution in [2.75, 3.05) is 37.8 Å². The van der Waals surface area contributed by atoms with Gasteiger partial charge in [0.25, 0.3) is 0 Å². The molecular weight excluding hydrogens is 354 g/mol. The predicted molar refractivity (Wildman–Crippen MR) is 100 cm³/mol. The zero-order chi connectivity index (χ0) is 19.2. The van der Waals surface area contributed by atoms with Crippen LogP contribution in [0.1, 0.15) is 24.8 Å². The molecule has 8 heteroatoms. The Balaban J connectivity index is 1.84. The highest BCUT2D eigenvalue weighted by molar-refractivity contribution is 7.88. The highest BCUT2D eigenvalue weighted by Crippen LogP contribution is 2.20. The van der Waals surface area contributed by atoms with Gasteiger partial charge in [-0.15, -0.1) is 0 Å². The monoisotopic (exact) mass is 377 g/mol. The first-order valence-corrected chi connectivity index (χ1v) is 10.2. The van der Waals surface area contributed by atoms with Crippen LogP contribution in [-0.2, 0) is 19.6 Å². The molecule has 7 nitrogen and oxygen atoms in total. The molecule has 0 saturated carbocycles. The molecule has 0 bridgehead atoms. The van der Waals surface area contributed by atoms with Crippen LogP contribution in [0.5, 0.6) is 0 Å². The minimum atomic E-state index is -3.38. The summed E-state index contributed by atoms with van der Waals surface area (Å²) in [6.07, 6.45) is 3.60. The lowest BCUT2D eigenvalue weighted by atomic mass is 10.1. The number of nitrogens with zero attached hydrogens (tertiary/aromatic N) is 2. The number of carbonyl (C=O) groups is 2. The van der Waals surface area contributed by atoms with E-state index in [0.717, 1.165) is 41.2 Å². The van der Waals surface area contributed by atoms with Crippen molar-refractivity contribution in [2.45, 2.75) is 19.3 Å². The van der Waals surface area contributed by atoms with Crippen LogP contribution in [0.4, 0.5) is 5.69 Å². The first-order chi connectivity index (χ1) is 12.3. The van der Waals surface area contributed by atoms with Crippen molar-refractivity contribution < 1.29 is 18.0 Å². The minimum absolute atomic E-state index is 0.128. The number of benzene rings is 1. The Labute approximate surface area is 154 Å². The van der Waals surface area contributed by atoms with Crippen molar-refractivity contribution in [3.8, 4) is 11.8 Å². The molecule has 1 aromatic carbocycles. The van der Waals surface area contributed by atoms with Gasteiger partial charge in [0.05, 0.1) is 19.3 Å². The van der Waals surface area contributed by atoms with Crippen LogP contribution in [0.15, 0.2) is 24.3 Å².